The Labute approximate surface area is 60.3 Å². The Morgan fingerprint density at radius 1 is 1.50 bits per heavy atom. The van der Waals surface area contributed by atoms with E-state index >= 15 is 0 Å². The molecule has 0 aliphatic carbocycles. The van der Waals surface area contributed by atoms with Crippen LogP contribution in [0, 0.1) is 6.92 Å². The summed E-state index contributed by atoms with van der Waals surface area (Å²) in [4.78, 5) is 0. The molecular weight excluding hydrogens is 126 g/mol. The number of hydrogen-bond donors (Lipinski definition) is 2. The number of rotatable bonds is 1. The molecule has 10 heavy (non-hydrogen) atoms. The van der Waals surface area contributed by atoms with Crippen LogP contribution in [0.2, 0.25) is 0 Å². The molecule has 3 N–H and O–H groups in total. The van der Waals surface area contributed by atoms with Gasteiger partial charge in [0, 0.05) is 6.54 Å². The van der Waals surface area contributed by atoms with Gasteiger partial charge in [-0.2, -0.15) is 0 Å². The maximum atomic E-state index is 9.18. The first-order chi connectivity index (χ1) is 4.75. The Morgan fingerprint density at radius 3 is 2.70 bits per heavy atom. The van der Waals surface area contributed by atoms with Gasteiger partial charge in [0.25, 0.3) is 0 Å². The van der Waals surface area contributed by atoms with Crippen LogP contribution in [0.5, 0.6) is 5.75 Å². The summed E-state index contributed by atoms with van der Waals surface area (Å²) in [6.07, 6.45) is 0. The first-order valence-electron chi connectivity index (χ1n) is 3.23. The average molecular weight is 137 g/mol. The third-order valence-corrected chi connectivity index (χ3v) is 1.64. The van der Waals surface area contributed by atoms with Gasteiger partial charge in [0.2, 0.25) is 0 Å². The molecule has 0 aliphatic heterocycles. The van der Waals surface area contributed by atoms with Crippen molar-refractivity contribution in [2.24, 2.45) is 5.73 Å². The fourth-order valence-corrected chi connectivity index (χ4v) is 0.891. The van der Waals surface area contributed by atoms with Crippen molar-refractivity contribution < 1.29 is 5.11 Å². The highest BCUT2D eigenvalue weighted by molar-refractivity contribution is 5.37. The van der Waals surface area contributed by atoms with Crippen molar-refractivity contribution in [1.29, 1.82) is 0 Å². The first kappa shape index (κ1) is 7.09. The predicted molar refractivity (Wildman–Crippen MR) is 40.7 cm³/mol. The molecule has 0 atom stereocenters. The van der Waals surface area contributed by atoms with Crippen LogP contribution >= 0.6 is 0 Å². The Kier molecular flexibility index (Phi) is 1.92. The van der Waals surface area contributed by atoms with E-state index in [9.17, 15) is 5.11 Å². The molecule has 0 spiro atoms. The quantitative estimate of drug-likeness (QED) is 0.610. The van der Waals surface area contributed by atoms with E-state index in [-0.39, 0.29) is 0 Å². The Morgan fingerprint density at radius 2 is 2.20 bits per heavy atom. The van der Waals surface area contributed by atoms with Crippen LogP contribution in [0.4, 0.5) is 0 Å². The number of hydrogen-bond acceptors (Lipinski definition) is 2. The second-order valence-electron chi connectivity index (χ2n) is 2.27. The normalized spacial score (nSPS) is 9.80. The SMILES string of the molecule is Cc1c(O)cccc1CN. The molecule has 2 nitrogen and oxygen atoms in total. The molecule has 2 heteroatoms. The highest BCUT2D eigenvalue weighted by Gasteiger charge is 1.98. The summed E-state index contributed by atoms with van der Waals surface area (Å²) in [6, 6.07) is 5.37. The molecule has 1 rings (SSSR count). The molecule has 0 aliphatic rings. The van der Waals surface area contributed by atoms with Gasteiger partial charge >= 0.3 is 0 Å². The van der Waals surface area contributed by atoms with Crippen LogP contribution in [0.25, 0.3) is 0 Å². The summed E-state index contributed by atoms with van der Waals surface area (Å²) in [7, 11) is 0. The average Bonchev–Trinajstić information content (AvgIpc) is 1.95. The van der Waals surface area contributed by atoms with Gasteiger partial charge in [-0.25, -0.2) is 0 Å². The van der Waals surface area contributed by atoms with Crippen LogP contribution in [-0.2, 0) is 6.54 Å². The largest absolute Gasteiger partial charge is 0.508 e. The smallest absolute Gasteiger partial charge is 0.118 e. The number of phenolic OH excluding ortho intramolecular Hbond substituents is 1. The second-order valence-corrected chi connectivity index (χ2v) is 2.27. The molecular formula is C8H11NO. The third kappa shape index (κ3) is 1.11. The van der Waals surface area contributed by atoms with E-state index in [0.29, 0.717) is 12.3 Å². The van der Waals surface area contributed by atoms with Crippen LogP contribution in [0.1, 0.15) is 11.1 Å². The summed E-state index contributed by atoms with van der Waals surface area (Å²) < 4.78 is 0. The fraction of sp³-hybridized carbons (Fsp3) is 0.250. The summed E-state index contributed by atoms with van der Waals surface area (Å²) in [5.74, 6) is 0.322. The molecule has 1 aromatic rings. The highest BCUT2D eigenvalue weighted by Crippen LogP contribution is 2.18. The topological polar surface area (TPSA) is 46.2 Å². The zero-order chi connectivity index (χ0) is 7.56. The van der Waals surface area contributed by atoms with E-state index in [4.69, 9.17) is 5.73 Å². The second kappa shape index (κ2) is 2.71. The van der Waals surface area contributed by atoms with Crippen LogP contribution in [0.3, 0.4) is 0 Å². The number of aromatic hydroxyl groups is 1. The molecule has 0 unspecified atom stereocenters. The number of phenols is 1. The van der Waals surface area contributed by atoms with Gasteiger partial charge in [0.15, 0.2) is 0 Å². The maximum Gasteiger partial charge on any atom is 0.118 e. The Hall–Kier alpha value is -1.02. The van der Waals surface area contributed by atoms with Crippen molar-refractivity contribution in [1.82, 2.24) is 0 Å². The van der Waals surface area contributed by atoms with Gasteiger partial charge in [0.1, 0.15) is 5.75 Å². The van der Waals surface area contributed by atoms with Gasteiger partial charge in [-0.05, 0) is 24.1 Å². The third-order valence-electron chi connectivity index (χ3n) is 1.64. The zero-order valence-electron chi connectivity index (χ0n) is 5.96. The summed E-state index contributed by atoms with van der Waals surface area (Å²) >= 11 is 0. The van der Waals surface area contributed by atoms with E-state index in [1.807, 2.05) is 13.0 Å². The molecule has 54 valence electrons. The molecule has 0 heterocycles. The van der Waals surface area contributed by atoms with Crippen LogP contribution in [0.15, 0.2) is 18.2 Å². The molecule has 0 radical (unpaired) electrons. The van der Waals surface area contributed by atoms with Crippen molar-refractivity contribution in [2.45, 2.75) is 13.5 Å². The summed E-state index contributed by atoms with van der Waals surface area (Å²) in [5.41, 5.74) is 7.29. The lowest BCUT2D eigenvalue weighted by Gasteiger charge is -2.02. The van der Waals surface area contributed by atoms with Gasteiger partial charge in [-0.3, -0.25) is 0 Å². The maximum absolute atomic E-state index is 9.18. The first-order valence-corrected chi connectivity index (χ1v) is 3.23. The lowest BCUT2D eigenvalue weighted by atomic mass is 10.1. The fourth-order valence-electron chi connectivity index (χ4n) is 0.891. The summed E-state index contributed by atoms with van der Waals surface area (Å²) in [6.45, 7) is 2.34. The van der Waals surface area contributed by atoms with Gasteiger partial charge in [-0.15, -0.1) is 0 Å². The van der Waals surface area contributed by atoms with Crippen LogP contribution in [-0.4, -0.2) is 5.11 Å². The van der Waals surface area contributed by atoms with E-state index < -0.39 is 0 Å². The van der Waals surface area contributed by atoms with E-state index in [2.05, 4.69) is 0 Å². The highest BCUT2D eigenvalue weighted by atomic mass is 16.3. The molecule has 0 aromatic heterocycles. The Bertz CT molecular complexity index is 233. The van der Waals surface area contributed by atoms with Crippen molar-refractivity contribution in [3.63, 3.8) is 0 Å². The standard InChI is InChI=1S/C8H11NO/c1-6-7(5-9)3-2-4-8(6)10/h2-4,10H,5,9H2,1H3. The number of nitrogens with two attached hydrogens (primary N) is 1. The molecule has 0 bridgehead atoms. The molecule has 0 saturated heterocycles. The zero-order valence-corrected chi connectivity index (χ0v) is 5.96. The molecule has 0 fully saturated rings. The minimum atomic E-state index is 0.322. The van der Waals surface area contributed by atoms with Crippen molar-refractivity contribution in [2.75, 3.05) is 0 Å². The van der Waals surface area contributed by atoms with E-state index in [0.717, 1.165) is 11.1 Å². The van der Waals surface area contributed by atoms with E-state index in [1.165, 1.54) is 0 Å². The minimum absolute atomic E-state index is 0.322. The monoisotopic (exact) mass is 137 g/mol. The lowest BCUT2D eigenvalue weighted by Crippen LogP contribution is -1.98. The van der Waals surface area contributed by atoms with Crippen molar-refractivity contribution in [3.8, 4) is 5.75 Å². The Balaban J connectivity index is 3.14. The number of benzene rings is 1. The van der Waals surface area contributed by atoms with Gasteiger partial charge in [-0.1, -0.05) is 12.1 Å². The lowest BCUT2D eigenvalue weighted by molar-refractivity contribution is 0.470. The summed E-state index contributed by atoms with van der Waals surface area (Å²) in [5, 5.41) is 9.18. The van der Waals surface area contributed by atoms with Gasteiger partial charge in [0.05, 0.1) is 0 Å². The van der Waals surface area contributed by atoms with Crippen LogP contribution < -0.4 is 5.73 Å². The van der Waals surface area contributed by atoms with Crippen molar-refractivity contribution >= 4 is 0 Å². The minimum Gasteiger partial charge on any atom is -0.508 e. The predicted octanol–water partition coefficient (Wildman–Crippen LogP) is 1.16. The molecule has 0 saturated carbocycles. The molecule has 1 aromatic carbocycles. The van der Waals surface area contributed by atoms with Crippen molar-refractivity contribution in [3.05, 3.63) is 29.3 Å². The van der Waals surface area contributed by atoms with Gasteiger partial charge < -0.3 is 10.8 Å². The molecule has 0 amide bonds. The van der Waals surface area contributed by atoms with E-state index in [1.54, 1.807) is 12.1 Å².